The third-order valence-electron chi connectivity index (χ3n) is 2.47. The second-order valence-electron chi connectivity index (χ2n) is 4.00. The Morgan fingerprint density at radius 1 is 1.42 bits per heavy atom. The Balaban J connectivity index is 2.10. The number of hydrogen-bond donors (Lipinski definition) is 2. The molecule has 0 aliphatic carbocycles. The lowest BCUT2D eigenvalue weighted by Gasteiger charge is -2.01. The average molecular weight is 281 g/mol. The van der Waals surface area contributed by atoms with Crippen molar-refractivity contribution in [3.63, 3.8) is 0 Å². The van der Waals surface area contributed by atoms with Gasteiger partial charge in [0.05, 0.1) is 5.75 Å². The Bertz CT molecular complexity index is 604. The molecule has 0 aliphatic rings. The van der Waals surface area contributed by atoms with Gasteiger partial charge in [0.15, 0.2) is 0 Å². The molecule has 0 saturated carbocycles. The fourth-order valence-corrected chi connectivity index (χ4v) is 2.52. The number of furan rings is 1. The Kier molecular flexibility index (Phi) is 3.80. The smallest absolute Gasteiger partial charge is 0.339 e. The normalized spacial score (nSPS) is 10.6. The minimum Gasteiger partial charge on any atom is -0.478 e. The first-order valence-electron chi connectivity index (χ1n) is 5.47. The van der Waals surface area contributed by atoms with E-state index in [9.17, 15) is 9.18 Å². The Labute approximate surface area is 113 Å². The van der Waals surface area contributed by atoms with E-state index in [1.807, 2.05) is 0 Å². The Morgan fingerprint density at radius 3 is 2.74 bits per heavy atom. The van der Waals surface area contributed by atoms with Crippen LogP contribution in [-0.2, 0) is 5.75 Å². The first kappa shape index (κ1) is 13.5. The van der Waals surface area contributed by atoms with Gasteiger partial charge in [0, 0.05) is 10.6 Å². The molecular formula is C13H12FNO3S. The van der Waals surface area contributed by atoms with Gasteiger partial charge in [0.2, 0.25) is 0 Å². The fraction of sp³-hybridized carbons (Fsp3) is 0.154. The molecule has 19 heavy (non-hydrogen) atoms. The summed E-state index contributed by atoms with van der Waals surface area (Å²) in [6, 6.07) is 5.74. The molecule has 6 heteroatoms. The average Bonchev–Trinajstić information content (AvgIpc) is 2.67. The molecule has 0 atom stereocenters. The maximum atomic E-state index is 13.1. The van der Waals surface area contributed by atoms with E-state index in [2.05, 4.69) is 0 Å². The van der Waals surface area contributed by atoms with Crippen LogP contribution in [0.3, 0.4) is 0 Å². The number of benzene rings is 1. The van der Waals surface area contributed by atoms with Gasteiger partial charge in [-0.15, -0.1) is 11.8 Å². The van der Waals surface area contributed by atoms with Crippen LogP contribution in [0.15, 0.2) is 33.6 Å². The topological polar surface area (TPSA) is 76.5 Å². The number of halogens is 1. The number of aromatic carboxylic acids is 1. The molecule has 100 valence electrons. The van der Waals surface area contributed by atoms with E-state index in [4.69, 9.17) is 15.3 Å². The largest absolute Gasteiger partial charge is 0.478 e. The van der Waals surface area contributed by atoms with Crippen molar-refractivity contribution >= 4 is 23.4 Å². The van der Waals surface area contributed by atoms with Crippen LogP contribution >= 0.6 is 11.8 Å². The number of hydrogen-bond acceptors (Lipinski definition) is 4. The third kappa shape index (κ3) is 3.29. The Hall–Kier alpha value is -1.95. The van der Waals surface area contributed by atoms with Crippen molar-refractivity contribution in [3.8, 4) is 0 Å². The molecule has 1 aromatic carbocycles. The molecule has 3 N–H and O–H groups in total. The standard InChI is InChI=1S/C13H12FNO3S/c1-7-12(13(16)17)5-10(18-7)6-19-11-3-8(14)2-9(15)4-11/h2-5H,6,15H2,1H3,(H,16,17). The van der Waals surface area contributed by atoms with Gasteiger partial charge >= 0.3 is 5.97 Å². The highest BCUT2D eigenvalue weighted by atomic mass is 32.2. The summed E-state index contributed by atoms with van der Waals surface area (Å²) < 4.78 is 18.5. The quantitative estimate of drug-likeness (QED) is 0.664. The van der Waals surface area contributed by atoms with Crippen molar-refractivity contribution in [2.45, 2.75) is 17.6 Å². The molecule has 1 aromatic heterocycles. The van der Waals surface area contributed by atoms with Gasteiger partial charge in [-0.3, -0.25) is 0 Å². The molecule has 2 aromatic rings. The second-order valence-corrected chi connectivity index (χ2v) is 5.05. The highest BCUT2D eigenvalue weighted by Gasteiger charge is 2.13. The van der Waals surface area contributed by atoms with Crippen molar-refractivity contribution in [3.05, 3.63) is 47.2 Å². The van der Waals surface area contributed by atoms with Crippen LogP contribution in [0.2, 0.25) is 0 Å². The Morgan fingerprint density at radius 2 is 2.16 bits per heavy atom. The summed E-state index contributed by atoms with van der Waals surface area (Å²) in [7, 11) is 0. The summed E-state index contributed by atoms with van der Waals surface area (Å²) in [4.78, 5) is 11.5. The van der Waals surface area contributed by atoms with Crippen molar-refractivity contribution in [2.75, 3.05) is 5.73 Å². The van der Waals surface area contributed by atoms with E-state index < -0.39 is 11.8 Å². The van der Waals surface area contributed by atoms with E-state index >= 15 is 0 Å². The van der Waals surface area contributed by atoms with Gasteiger partial charge in [-0.05, 0) is 31.2 Å². The number of carboxylic acids is 1. The molecule has 4 nitrogen and oxygen atoms in total. The lowest BCUT2D eigenvalue weighted by Crippen LogP contribution is -1.94. The van der Waals surface area contributed by atoms with Crippen LogP contribution in [-0.4, -0.2) is 11.1 Å². The molecule has 0 amide bonds. The van der Waals surface area contributed by atoms with Gasteiger partial charge in [0.1, 0.15) is 22.9 Å². The molecule has 0 fully saturated rings. The molecule has 0 unspecified atom stereocenters. The number of nitrogen functional groups attached to an aromatic ring is 1. The summed E-state index contributed by atoms with van der Waals surface area (Å²) in [5.41, 5.74) is 6.04. The number of nitrogens with two attached hydrogens (primary N) is 1. The lowest BCUT2D eigenvalue weighted by atomic mass is 10.2. The first-order chi connectivity index (χ1) is 8.95. The van der Waals surface area contributed by atoms with Gasteiger partial charge < -0.3 is 15.3 Å². The van der Waals surface area contributed by atoms with Gasteiger partial charge in [0.25, 0.3) is 0 Å². The van der Waals surface area contributed by atoms with Crippen molar-refractivity contribution in [1.82, 2.24) is 0 Å². The van der Waals surface area contributed by atoms with Crippen LogP contribution in [0.4, 0.5) is 10.1 Å². The van der Waals surface area contributed by atoms with Gasteiger partial charge in [-0.25, -0.2) is 9.18 Å². The highest BCUT2D eigenvalue weighted by molar-refractivity contribution is 7.98. The van der Waals surface area contributed by atoms with Crippen LogP contribution in [0.1, 0.15) is 21.9 Å². The number of aryl methyl sites for hydroxylation is 1. The maximum absolute atomic E-state index is 13.1. The fourth-order valence-electron chi connectivity index (χ4n) is 1.65. The van der Waals surface area contributed by atoms with E-state index in [-0.39, 0.29) is 5.56 Å². The summed E-state index contributed by atoms with van der Waals surface area (Å²) in [5.74, 6) is -0.113. The zero-order valence-corrected chi connectivity index (χ0v) is 11.0. The highest BCUT2D eigenvalue weighted by Crippen LogP contribution is 2.27. The maximum Gasteiger partial charge on any atom is 0.339 e. The minimum atomic E-state index is -1.02. The number of anilines is 1. The van der Waals surface area contributed by atoms with Crippen molar-refractivity contribution in [2.24, 2.45) is 0 Å². The predicted octanol–water partition coefficient (Wildman–Crippen LogP) is 3.30. The number of thioether (sulfide) groups is 1. The molecular weight excluding hydrogens is 269 g/mol. The molecule has 0 spiro atoms. The van der Waals surface area contributed by atoms with Crippen molar-refractivity contribution < 1.29 is 18.7 Å². The zero-order chi connectivity index (χ0) is 14.0. The number of carboxylic acid groups (broad SMARTS) is 1. The van der Waals surface area contributed by atoms with Gasteiger partial charge in [-0.1, -0.05) is 0 Å². The summed E-state index contributed by atoms with van der Waals surface area (Å²) >= 11 is 1.33. The van der Waals surface area contributed by atoms with E-state index in [1.54, 1.807) is 13.0 Å². The number of rotatable bonds is 4. The molecule has 2 rings (SSSR count). The number of carbonyl (C=O) groups is 1. The van der Waals surface area contributed by atoms with Crippen LogP contribution in [0.25, 0.3) is 0 Å². The second kappa shape index (κ2) is 5.36. The van der Waals surface area contributed by atoms with Crippen LogP contribution in [0.5, 0.6) is 0 Å². The molecule has 0 saturated heterocycles. The van der Waals surface area contributed by atoms with Gasteiger partial charge in [-0.2, -0.15) is 0 Å². The zero-order valence-electron chi connectivity index (χ0n) is 10.1. The summed E-state index contributed by atoms with van der Waals surface area (Å²) in [6.45, 7) is 1.60. The van der Waals surface area contributed by atoms with E-state index in [0.717, 1.165) is 0 Å². The summed E-state index contributed by atoms with van der Waals surface area (Å²) in [5, 5.41) is 8.90. The predicted molar refractivity (Wildman–Crippen MR) is 70.8 cm³/mol. The minimum absolute atomic E-state index is 0.148. The lowest BCUT2D eigenvalue weighted by molar-refractivity contribution is 0.0695. The first-order valence-corrected chi connectivity index (χ1v) is 6.45. The van der Waals surface area contributed by atoms with Crippen molar-refractivity contribution in [1.29, 1.82) is 0 Å². The van der Waals surface area contributed by atoms with Crippen LogP contribution in [0, 0.1) is 12.7 Å². The summed E-state index contributed by atoms with van der Waals surface area (Å²) in [6.07, 6.45) is 0. The van der Waals surface area contributed by atoms with Crippen LogP contribution < -0.4 is 5.73 Å². The van der Waals surface area contributed by atoms with E-state index in [1.165, 1.54) is 30.0 Å². The monoisotopic (exact) mass is 281 g/mol. The molecule has 0 bridgehead atoms. The van der Waals surface area contributed by atoms with E-state index in [0.29, 0.717) is 27.9 Å². The third-order valence-corrected chi connectivity index (χ3v) is 3.47. The molecule has 0 aliphatic heterocycles. The SMILES string of the molecule is Cc1oc(CSc2cc(N)cc(F)c2)cc1C(=O)O. The molecule has 1 heterocycles. The molecule has 0 radical (unpaired) electrons.